The fourth-order valence-electron chi connectivity index (χ4n) is 5.62. The number of nitrogens with one attached hydrogen (secondary N) is 2. The Labute approximate surface area is 193 Å². The van der Waals surface area contributed by atoms with Crippen LogP contribution < -0.4 is 20.4 Å². The van der Waals surface area contributed by atoms with Gasteiger partial charge in [0.2, 0.25) is 0 Å². The second-order valence-electron chi connectivity index (χ2n) is 10.2. The maximum atomic E-state index is 13.3. The molecular weight excluding hydrogens is 414 g/mol. The number of imidazole rings is 1. The van der Waals surface area contributed by atoms with E-state index >= 15 is 0 Å². The second-order valence-corrected chi connectivity index (χ2v) is 10.2. The molecule has 8 heteroatoms. The highest BCUT2D eigenvalue weighted by molar-refractivity contribution is 6.03. The monoisotopic (exact) mass is 443 g/mol. The van der Waals surface area contributed by atoms with E-state index in [4.69, 9.17) is 4.98 Å². The summed E-state index contributed by atoms with van der Waals surface area (Å²) in [5.74, 6) is 1.35. The van der Waals surface area contributed by atoms with E-state index in [1.54, 1.807) is 4.90 Å². The van der Waals surface area contributed by atoms with Gasteiger partial charge in [0.25, 0.3) is 0 Å². The average Bonchev–Trinajstić information content (AvgIpc) is 3.71. The number of rotatable bonds is 3. The molecule has 3 aromatic rings. The third kappa shape index (κ3) is 3.27. The number of carbonyl (C=O) groups is 1. The number of urea groups is 1. The van der Waals surface area contributed by atoms with Gasteiger partial charge in [0, 0.05) is 67.1 Å². The SMILES string of the molecule is Cc1cn2cc(NC(=O)N3CCc4c(N5CCNC6(CC6)C5)ccnc43)cc(C3CC3)c2n1. The van der Waals surface area contributed by atoms with Crippen LogP contribution in [0.4, 0.5) is 22.0 Å². The smallest absolute Gasteiger partial charge is 0.327 e. The fourth-order valence-corrected chi connectivity index (χ4v) is 5.62. The van der Waals surface area contributed by atoms with Crippen LogP contribution in [0, 0.1) is 6.92 Å². The van der Waals surface area contributed by atoms with E-state index in [-0.39, 0.29) is 6.03 Å². The molecule has 2 aliphatic heterocycles. The zero-order valence-electron chi connectivity index (χ0n) is 19.0. The number of carbonyl (C=O) groups excluding carboxylic acids is 1. The van der Waals surface area contributed by atoms with E-state index in [9.17, 15) is 4.79 Å². The van der Waals surface area contributed by atoms with Gasteiger partial charge in [0.15, 0.2) is 0 Å². The Balaban J connectivity index is 1.16. The third-order valence-corrected chi connectivity index (χ3v) is 7.63. The lowest BCUT2D eigenvalue weighted by Gasteiger charge is -2.36. The number of nitrogens with zero attached hydrogens (tertiary/aromatic N) is 5. The van der Waals surface area contributed by atoms with Crippen LogP contribution in [0.25, 0.3) is 5.65 Å². The van der Waals surface area contributed by atoms with Crippen molar-refractivity contribution in [3.05, 3.63) is 47.5 Å². The van der Waals surface area contributed by atoms with Crippen LogP contribution in [0.3, 0.4) is 0 Å². The van der Waals surface area contributed by atoms with Crippen molar-refractivity contribution in [1.29, 1.82) is 0 Å². The molecule has 0 unspecified atom stereocenters. The van der Waals surface area contributed by atoms with Crippen molar-refractivity contribution in [1.82, 2.24) is 19.7 Å². The lowest BCUT2D eigenvalue weighted by Crippen LogP contribution is -2.52. The quantitative estimate of drug-likeness (QED) is 0.648. The molecule has 0 bridgehead atoms. The molecule has 1 spiro atoms. The van der Waals surface area contributed by atoms with Gasteiger partial charge in [-0.25, -0.2) is 14.8 Å². The average molecular weight is 444 g/mol. The molecule has 4 aliphatic rings. The van der Waals surface area contributed by atoms with Crippen molar-refractivity contribution in [2.45, 2.75) is 50.5 Å². The van der Waals surface area contributed by atoms with Crippen molar-refractivity contribution < 1.29 is 4.79 Å². The second kappa shape index (κ2) is 6.93. The number of amides is 2. The Morgan fingerprint density at radius 2 is 2.12 bits per heavy atom. The molecule has 0 radical (unpaired) electrons. The van der Waals surface area contributed by atoms with Gasteiger partial charge in [-0.3, -0.25) is 4.90 Å². The van der Waals surface area contributed by atoms with Gasteiger partial charge < -0.3 is 19.9 Å². The minimum atomic E-state index is -0.115. The van der Waals surface area contributed by atoms with Gasteiger partial charge in [0.1, 0.15) is 11.5 Å². The maximum Gasteiger partial charge on any atom is 0.327 e. The van der Waals surface area contributed by atoms with Crippen LogP contribution >= 0.6 is 0 Å². The highest BCUT2D eigenvalue weighted by Crippen LogP contribution is 2.43. The molecule has 2 aliphatic carbocycles. The number of anilines is 3. The Kier molecular flexibility index (Phi) is 4.07. The van der Waals surface area contributed by atoms with Crippen molar-refractivity contribution in [2.24, 2.45) is 0 Å². The first-order chi connectivity index (χ1) is 16.1. The Bertz CT molecular complexity index is 1270. The third-order valence-electron chi connectivity index (χ3n) is 7.63. The summed E-state index contributed by atoms with van der Waals surface area (Å²) in [6.07, 6.45) is 11.6. The minimum absolute atomic E-state index is 0.115. The van der Waals surface area contributed by atoms with Crippen molar-refractivity contribution >= 4 is 28.9 Å². The molecule has 3 aromatic heterocycles. The molecule has 2 saturated carbocycles. The highest BCUT2D eigenvalue weighted by Gasteiger charge is 2.46. The zero-order valence-corrected chi connectivity index (χ0v) is 19.0. The van der Waals surface area contributed by atoms with Crippen molar-refractivity contribution in [3.63, 3.8) is 0 Å². The van der Waals surface area contributed by atoms with Gasteiger partial charge in [-0.15, -0.1) is 0 Å². The molecule has 7 rings (SSSR count). The number of aryl methyl sites for hydroxylation is 1. The Morgan fingerprint density at radius 3 is 2.94 bits per heavy atom. The number of pyridine rings is 2. The van der Waals surface area contributed by atoms with Crippen LogP contribution in [0.5, 0.6) is 0 Å². The molecule has 0 aromatic carbocycles. The first-order valence-electron chi connectivity index (χ1n) is 12.1. The summed E-state index contributed by atoms with van der Waals surface area (Å²) in [5, 5.41) is 6.83. The summed E-state index contributed by atoms with van der Waals surface area (Å²) in [4.78, 5) is 26.9. The highest BCUT2D eigenvalue weighted by atomic mass is 16.2. The molecule has 3 fully saturated rings. The molecule has 8 nitrogen and oxygen atoms in total. The fraction of sp³-hybridized carbons (Fsp3) is 0.480. The predicted molar refractivity (Wildman–Crippen MR) is 128 cm³/mol. The predicted octanol–water partition coefficient (Wildman–Crippen LogP) is 3.45. The van der Waals surface area contributed by atoms with Crippen molar-refractivity contribution in [3.8, 4) is 0 Å². The van der Waals surface area contributed by atoms with Crippen LogP contribution in [-0.2, 0) is 6.42 Å². The lowest BCUT2D eigenvalue weighted by molar-refractivity contribution is 0.257. The first-order valence-corrected chi connectivity index (χ1v) is 12.1. The van der Waals surface area contributed by atoms with E-state index in [2.05, 4.69) is 32.7 Å². The summed E-state index contributed by atoms with van der Waals surface area (Å²) in [6, 6.07) is 4.11. The maximum absolute atomic E-state index is 13.3. The summed E-state index contributed by atoms with van der Waals surface area (Å²) in [5.41, 5.74) is 6.80. The van der Waals surface area contributed by atoms with E-state index in [0.29, 0.717) is 18.0 Å². The molecule has 0 atom stereocenters. The van der Waals surface area contributed by atoms with E-state index in [1.807, 2.05) is 29.9 Å². The topological polar surface area (TPSA) is 77.8 Å². The Morgan fingerprint density at radius 1 is 1.24 bits per heavy atom. The number of hydrogen-bond acceptors (Lipinski definition) is 5. The van der Waals surface area contributed by atoms with Crippen molar-refractivity contribution in [2.75, 3.05) is 41.3 Å². The van der Waals surface area contributed by atoms with E-state index in [1.165, 1.54) is 42.5 Å². The van der Waals surface area contributed by atoms with E-state index < -0.39 is 0 Å². The lowest BCUT2D eigenvalue weighted by atomic mass is 10.1. The summed E-state index contributed by atoms with van der Waals surface area (Å²) in [6.45, 7) is 5.73. The molecule has 2 N–H and O–H groups in total. The number of aromatic nitrogens is 3. The van der Waals surface area contributed by atoms with Crippen LogP contribution in [0.1, 0.15) is 48.4 Å². The van der Waals surface area contributed by atoms with Gasteiger partial charge in [-0.05, 0) is 57.1 Å². The van der Waals surface area contributed by atoms with Gasteiger partial charge in [-0.1, -0.05) is 0 Å². The number of hydrogen-bond donors (Lipinski definition) is 2. The van der Waals surface area contributed by atoms with Gasteiger partial charge in [-0.2, -0.15) is 0 Å². The zero-order chi connectivity index (χ0) is 22.2. The van der Waals surface area contributed by atoms with Crippen LogP contribution in [0.15, 0.2) is 30.7 Å². The van der Waals surface area contributed by atoms with E-state index in [0.717, 1.165) is 48.9 Å². The normalized spacial score (nSPS) is 21.0. The van der Waals surface area contributed by atoms with Crippen LogP contribution in [0.2, 0.25) is 0 Å². The largest absolute Gasteiger partial charge is 0.368 e. The summed E-state index contributed by atoms with van der Waals surface area (Å²) >= 11 is 0. The van der Waals surface area contributed by atoms with Gasteiger partial charge >= 0.3 is 6.03 Å². The molecule has 33 heavy (non-hydrogen) atoms. The number of fused-ring (bicyclic) bond motifs is 2. The molecule has 5 heterocycles. The Hall–Kier alpha value is -3.13. The minimum Gasteiger partial charge on any atom is -0.368 e. The molecule has 1 saturated heterocycles. The molecule has 2 amide bonds. The van der Waals surface area contributed by atoms with Crippen LogP contribution in [-0.4, -0.2) is 52.1 Å². The molecular formula is C25H29N7O. The van der Waals surface area contributed by atoms with Gasteiger partial charge in [0.05, 0.1) is 11.4 Å². The summed E-state index contributed by atoms with van der Waals surface area (Å²) in [7, 11) is 0. The standard InChI is InChI=1S/C25H29N7O/c1-16-13-31-14-18(12-20(17-2-3-17)23(31)28-16)29-24(33)32-10-5-19-21(4-8-26-22(19)32)30-11-9-27-25(15-30)6-7-25/h4,8,12-14,17,27H,2-3,5-7,9-11,15H2,1H3,(H,29,33). The summed E-state index contributed by atoms with van der Waals surface area (Å²) < 4.78 is 2.05. The number of piperazine rings is 1. The first kappa shape index (κ1) is 19.3. The molecule has 170 valence electrons.